The van der Waals surface area contributed by atoms with E-state index in [0.29, 0.717) is 22.5 Å². The summed E-state index contributed by atoms with van der Waals surface area (Å²) in [5.41, 5.74) is 1.04. The minimum absolute atomic E-state index is 0.198. The van der Waals surface area contributed by atoms with Gasteiger partial charge >= 0.3 is 0 Å². The Morgan fingerprint density at radius 2 is 1.86 bits per heavy atom. The molecule has 1 amide bonds. The maximum Gasteiger partial charge on any atom is 0.226 e. The van der Waals surface area contributed by atoms with E-state index >= 15 is 0 Å². The third-order valence-electron chi connectivity index (χ3n) is 4.84. The molecule has 2 aliphatic rings. The van der Waals surface area contributed by atoms with Crippen LogP contribution in [0.25, 0.3) is 0 Å². The summed E-state index contributed by atoms with van der Waals surface area (Å²) in [6.07, 6.45) is 3.53. The van der Waals surface area contributed by atoms with Gasteiger partial charge in [-0.15, -0.1) is 0 Å². The molecule has 2 fully saturated rings. The van der Waals surface area contributed by atoms with Gasteiger partial charge < -0.3 is 4.90 Å². The van der Waals surface area contributed by atoms with Crippen LogP contribution < -0.4 is 0 Å². The summed E-state index contributed by atoms with van der Waals surface area (Å²) in [6, 6.07) is 5.80. The molecule has 0 aliphatic heterocycles. The molecule has 0 bridgehead atoms. The Morgan fingerprint density at radius 3 is 2.43 bits per heavy atom. The highest BCUT2D eigenvalue weighted by Gasteiger charge is 2.48. The van der Waals surface area contributed by atoms with Crippen molar-refractivity contribution in [2.24, 2.45) is 17.8 Å². The number of rotatable bonds is 4. The van der Waals surface area contributed by atoms with E-state index in [9.17, 15) is 4.79 Å². The van der Waals surface area contributed by atoms with E-state index in [1.54, 1.807) is 6.07 Å². The van der Waals surface area contributed by atoms with Gasteiger partial charge in [0.15, 0.2) is 0 Å². The van der Waals surface area contributed by atoms with Gasteiger partial charge in [0.1, 0.15) is 0 Å². The lowest BCUT2D eigenvalue weighted by molar-refractivity contribution is -0.138. The molecule has 1 aromatic rings. The number of halogens is 2. The molecule has 2 nitrogen and oxygen atoms in total. The van der Waals surface area contributed by atoms with Crippen molar-refractivity contribution in [3.05, 3.63) is 33.8 Å². The Bertz CT molecular complexity index is 548. The van der Waals surface area contributed by atoms with Crippen LogP contribution in [0.4, 0.5) is 0 Å². The molecule has 2 saturated carbocycles. The van der Waals surface area contributed by atoms with Crippen molar-refractivity contribution < 1.29 is 4.79 Å². The molecule has 0 radical (unpaired) electrons. The number of hydrogen-bond acceptors (Lipinski definition) is 1. The molecular weight excluding hydrogens is 305 g/mol. The van der Waals surface area contributed by atoms with Crippen LogP contribution in [0.15, 0.2) is 18.2 Å². The van der Waals surface area contributed by atoms with E-state index in [1.807, 2.05) is 17.0 Å². The maximum absolute atomic E-state index is 12.8. The van der Waals surface area contributed by atoms with Gasteiger partial charge in [0.2, 0.25) is 5.91 Å². The lowest BCUT2D eigenvalue weighted by Gasteiger charge is -2.30. The number of benzene rings is 1. The van der Waals surface area contributed by atoms with Gasteiger partial charge in [-0.1, -0.05) is 29.3 Å². The highest BCUT2D eigenvalue weighted by Crippen LogP contribution is 2.54. The monoisotopic (exact) mass is 325 g/mol. The molecule has 21 heavy (non-hydrogen) atoms. The fourth-order valence-corrected chi connectivity index (χ4v) is 3.82. The third kappa shape index (κ3) is 3.22. The lowest BCUT2D eigenvalue weighted by Crippen LogP contribution is -2.40. The molecular formula is C17H21Cl2NO. The van der Waals surface area contributed by atoms with Crippen LogP contribution in [0.3, 0.4) is 0 Å². The van der Waals surface area contributed by atoms with Crippen LogP contribution >= 0.6 is 23.2 Å². The number of carbonyl (C=O) groups is 1. The van der Waals surface area contributed by atoms with Crippen molar-refractivity contribution in [2.75, 3.05) is 0 Å². The molecule has 3 rings (SSSR count). The van der Waals surface area contributed by atoms with Gasteiger partial charge in [-0.25, -0.2) is 0 Å². The van der Waals surface area contributed by atoms with Gasteiger partial charge in [-0.2, -0.15) is 0 Å². The SMILES string of the molecule is CC(C)N(Cc1ccc(Cl)c(Cl)c1)C(=O)C1CC2CC2C1. The molecule has 0 N–H and O–H groups in total. The van der Waals surface area contributed by atoms with Crippen LogP contribution in [0, 0.1) is 17.8 Å². The number of nitrogens with zero attached hydrogens (tertiary/aromatic N) is 1. The molecule has 114 valence electrons. The topological polar surface area (TPSA) is 20.3 Å². The van der Waals surface area contributed by atoms with Gasteiger partial charge in [0.05, 0.1) is 10.0 Å². The predicted molar refractivity (Wildman–Crippen MR) is 86.5 cm³/mol. The van der Waals surface area contributed by atoms with E-state index in [-0.39, 0.29) is 12.0 Å². The van der Waals surface area contributed by atoms with Crippen molar-refractivity contribution in [2.45, 2.75) is 45.7 Å². The zero-order valence-electron chi connectivity index (χ0n) is 12.5. The van der Waals surface area contributed by atoms with E-state index in [4.69, 9.17) is 23.2 Å². The van der Waals surface area contributed by atoms with Gasteiger partial charge in [-0.05, 0) is 62.6 Å². The van der Waals surface area contributed by atoms with E-state index in [0.717, 1.165) is 30.2 Å². The first kappa shape index (κ1) is 15.2. The number of amides is 1. The maximum atomic E-state index is 12.8. The summed E-state index contributed by atoms with van der Waals surface area (Å²) >= 11 is 12.0. The Hall–Kier alpha value is -0.730. The minimum Gasteiger partial charge on any atom is -0.336 e. The van der Waals surface area contributed by atoms with Gasteiger partial charge in [0, 0.05) is 18.5 Å². The van der Waals surface area contributed by atoms with Crippen LogP contribution in [-0.2, 0) is 11.3 Å². The molecule has 4 heteroatoms. The molecule has 0 heterocycles. The Morgan fingerprint density at radius 1 is 1.19 bits per heavy atom. The number of hydrogen-bond donors (Lipinski definition) is 0. The fraction of sp³-hybridized carbons (Fsp3) is 0.588. The second-order valence-electron chi connectivity index (χ2n) is 6.73. The van der Waals surface area contributed by atoms with Crippen molar-refractivity contribution in [1.29, 1.82) is 0 Å². The van der Waals surface area contributed by atoms with Crippen molar-refractivity contribution in [3.63, 3.8) is 0 Å². The van der Waals surface area contributed by atoms with Crippen LogP contribution in [-0.4, -0.2) is 16.8 Å². The third-order valence-corrected chi connectivity index (χ3v) is 5.58. The second-order valence-corrected chi connectivity index (χ2v) is 7.55. The minimum atomic E-state index is 0.198. The number of fused-ring (bicyclic) bond motifs is 1. The van der Waals surface area contributed by atoms with Crippen molar-refractivity contribution >= 4 is 29.1 Å². The molecule has 2 atom stereocenters. The largest absolute Gasteiger partial charge is 0.336 e. The molecule has 1 aromatic carbocycles. The van der Waals surface area contributed by atoms with Crippen molar-refractivity contribution in [1.82, 2.24) is 4.90 Å². The van der Waals surface area contributed by atoms with Crippen LogP contribution in [0.5, 0.6) is 0 Å². The number of carbonyl (C=O) groups excluding carboxylic acids is 1. The summed E-state index contributed by atoms with van der Waals surface area (Å²) in [5, 5.41) is 1.10. The van der Waals surface area contributed by atoms with E-state index < -0.39 is 0 Å². The van der Waals surface area contributed by atoms with E-state index in [2.05, 4.69) is 13.8 Å². The first-order valence-corrected chi connectivity index (χ1v) is 8.45. The smallest absolute Gasteiger partial charge is 0.226 e. The Labute approximate surface area is 136 Å². The average molecular weight is 326 g/mol. The molecule has 0 spiro atoms. The molecule has 0 saturated heterocycles. The van der Waals surface area contributed by atoms with Gasteiger partial charge in [0.25, 0.3) is 0 Å². The zero-order valence-corrected chi connectivity index (χ0v) is 14.0. The van der Waals surface area contributed by atoms with Crippen LogP contribution in [0.2, 0.25) is 10.0 Å². The normalized spacial score (nSPS) is 26.8. The standard InChI is InChI=1S/C17H21Cl2NO/c1-10(2)20(9-11-3-4-15(18)16(19)5-11)17(21)14-7-12-6-13(12)8-14/h3-5,10,12-14H,6-9H2,1-2H3. The Kier molecular flexibility index (Phi) is 4.20. The summed E-state index contributed by atoms with van der Waals surface area (Å²) in [6.45, 7) is 4.76. The fourth-order valence-electron chi connectivity index (χ4n) is 3.50. The zero-order chi connectivity index (χ0) is 15.1. The average Bonchev–Trinajstić information content (AvgIpc) is 3.05. The van der Waals surface area contributed by atoms with Crippen molar-refractivity contribution in [3.8, 4) is 0 Å². The summed E-state index contributed by atoms with van der Waals surface area (Å²) in [5.74, 6) is 2.21. The first-order valence-electron chi connectivity index (χ1n) is 7.70. The second kappa shape index (κ2) is 5.81. The summed E-state index contributed by atoms with van der Waals surface area (Å²) in [4.78, 5) is 14.8. The summed E-state index contributed by atoms with van der Waals surface area (Å²) < 4.78 is 0. The molecule has 0 aromatic heterocycles. The highest BCUT2D eigenvalue weighted by molar-refractivity contribution is 6.42. The van der Waals surface area contributed by atoms with E-state index in [1.165, 1.54) is 6.42 Å². The Balaban J connectivity index is 1.71. The van der Waals surface area contributed by atoms with Crippen LogP contribution in [0.1, 0.15) is 38.7 Å². The first-order chi connectivity index (χ1) is 9.95. The molecule has 2 unspecified atom stereocenters. The predicted octanol–water partition coefficient (Wildman–Crippen LogP) is 4.78. The van der Waals surface area contributed by atoms with Gasteiger partial charge in [-0.3, -0.25) is 4.79 Å². The molecule has 2 aliphatic carbocycles. The lowest BCUT2D eigenvalue weighted by atomic mass is 10.0. The highest BCUT2D eigenvalue weighted by atomic mass is 35.5. The summed E-state index contributed by atoms with van der Waals surface area (Å²) in [7, 11) is 0. The quantitative estimate of drug-likeness (QED) is 0.780.